The highest BCUT2D eigenvalue weighted by molar-refractivity contribution is 8.15. The van der Waals surface area contributed by atoms with Crippen molar-refractivity contribution in [2.45, 2.75) is 18.2 Å². The number of nitrogens with zero attached hydrogens (tertiary/aromatic N) is 1. The van der Waals surface area contributed by atoms with Crippen LogP contribution in [0.5, 0.6) is 0 Å². The van der Waals surface area contributed by atoms with Crippen LogP contribution in [0.2, 0.25) is 10.0 Å². The molecule has 5 nitrogen and oxygen atoms in total. The number of amides is 2. The summed E-state index contributed by atoms with van der Waals surface area (Å²) in [5.41, 5.74) is 1.54. The van der Waals surface area contributed by atoms with Crippen LogP contribution in [0.3, 0.4) is 0 Å². The van der Waals surface area contributed by atoms with E-state index in [0.29, 0.717) is 27.4 Å². The summed E-state index contributed by atoms with van der Waals surface area (Å²) in [7, 11) is 0. The average Bonchev–Trinajstić information content (AvgIpc) is 2.92. The lowest BCUT2D eigenvalue weighted by atomic mass is 10.2. The Morgan fingerprint density at radius 3 is 2.54 bits per heavy atom. The largest absolute Gasteiger partial charge is 0.326 e. The van der Waals surface area contributed by atoms with Crippen LogP contribution in [0, 0.1) is 0 Å². The first-order valence-electron chi connectivity index (χ1n) is 7.81. The van der Waals surface area contributed by atoms with Crippen LogP contribution in [0.15, 0.2) is 53.5 Å². The van der Waals surface area contributed by atoms with E-state index in [0.717, 1.165) is 5.56 Å². The molecule has 2 aromatic carbocycles. The van der Waals surface area contributed by atoms with Crippen LogP contribution >= 0.6 is 35.0 Å². The Labute approximate surface area is 165 Å². The molecule has 1 atom stereocenters. The van der Waals surface area contributed by atoms with Crippen molar-refractivity contribution in [3.8, 4) is 0 Å². The molecule has 2 amide bonds. The van der Waals surface area contributed by atoms with Gasteiger partial charge in [-0.1, -0.05) is 65.3 Å². The smallest absolute Gasteiger partial charge is 0.240 e. The molecular formula is C18H15Cl2N3O2S. The van der Waals surface area contributed by atoms with E-state index >= 15 is 0 Å². The second-order valence-electron chi connectivity index (χ2n) is 5.61. The zero-order valence-electron chi connectivity index (χ0n) is 13.5. The molecule has 1 heterocycles. The Balaban J connectivity index is 1.56. The molecule has 0 unspecified atom stereocenters. The SMILES string of the molecule is O=C(C[C@H]1SC(=NCc2ccccc2)NC1=O)Nc1cc(Cl)cc(Cl)c1. The average molecular weight is 408 g/mol. The summed E-state index contributed by atoms with van der Waals surface area (Å²) in [4.78, 5) is 28.6. The summed E-state index contributed by atoms with van der Waals surface area (Å²) < 4.78 is 0. The van der Waals surface area contributed by atoms with Crippen molar-refractivity contribution in [3.05, 3.63) is 64.1 Å². The number of carbonyl (C=O) groups is 2. The van der Waals surface area contributed by atoms with Crippen LogP contribution in [0.1, 0.15) is 12.0 Å². The normalized spacial score (nSPS) is 18.0. The number of rotatable bonds is 5. The lowest BCUT2D eigenvalue weighted by molar-refractivity contribution is -0.122. The molecule has 0 saturated carbocycles. The third-order valence-electron chi connectivity index (χ3n) is 3.54. The second kappa shape index (κ2) is 8.58. The predicted octanol–water partition coefficient (Wildman–Crippen LogP) is 4.11. The summed E-state index contributed by atoms with van der Waals surface area (Å²) in [6.45, 7) is 0.476. The first kappa shape index (κ1) is 18.8. The molecule has 0 bridgehead atoms. The number of thioether (sulfide) groups is 1. The first-order chi connectivity index (χ1) is 12.5. The minimum atomic E-state index is -0.515. The highest BCUT2D eigenvalue weighted by Gasteiger charge is 2.32. The molecule has 134 valence electrons. The summed E-state index contributed by atoms with van der Waals surface area (Å²) >= 11 is 13.1. The minimum absolute atomic E-state index is 0.0327. The predicted molar refractivity (Wildman–Crippen MR) is 107 cm³/mol. The van der Waals surface area contributed by atoms with Crippen LogP contribution in [0.4, 0.5) is 5.69 Å². The van der Waals surface area contributed by atoms with Gasteiger partial charge in [0.15, 0.2) is 5.17 Å². The molecule has 2 aromatic rings. The zero-order chi connectivity index (χ0) is 18.5. The fourth-order valence-corrected chi connectivity index (χ4v) is 3.86. The monoisotopic (exact) mass is 407 g/mol. The molecule has 1 saturated heterocycles. The van der Waals surface area contributed by atoms with Crippen LogP contribution < -0.4 is 10.6 Å². The summed E-state index contributed by atoms with van der Waals surface area (Å²) in [6, 6.07) is 14.5. The topological polar surface area (TPSA) is 70.6 Å². The number of nitrogens with one attached hydrogen (secondary N) is 2. The number of amidine groups is 1. The summed E-state index contributed by atoms with van der Waals surface area (Å²) in [5, 5.41) is 6.29. The molecule has 3 rings (SSSR count). The maximum absolute atomic E-state index is 12.2. The van der Waals surface area contributed by atoms with Gasteiger partial charge in [-0.15, -0.1) is 0 Å². The van der Waals surface area contributed by atoms with Gasteiger partial charge in [0, 0.05) is 22.2 Å². The van der Waals surface area contributed by atoms with Crippen molar-refractivity contribution in [2.75, 3.05) is 5.32 Å². The minimum Gasteiger partial charge on any atom is -0.326 e. The Hall–Kier alpha value is -2.02. The lowest BCUT2D eigenvalue weighted by Crippen LogP contribution is -2.28. The number of carbonyl (C=O) groups excluding carboxylic acids is 2. The van der Waals surface area contributed by atoms with Gasteiger partial charge < -0.3 is 10.6 Å². The molecule has 8 heteroatoms. The summed E-state index contributed by atoms with van der Waals surface area (Å²) in [6.07, 6.45) is 0.0327. The first-order valence-corrected chi connectivity index (χ1v) is 9.45. The maximum atomic E-state index is 12.2. The maximum Gasteiger partial charge on any atom is 0.240 e. The van der Waals surface area contributed by atoms with Crippen LogP contribution in [0.25, 0.3) is 0 Å². The molecule has 0 radical (unpaired) electrons. The molecule has 1 aliphatic heterocycles. The number of anilines is 1. The molecule has 0 aliphatic carbocycles. The third-order valence-corrected chi connectivity index (χ3v) is 5.10. The van der Waals surface area contributed by atoms with Gasteiger partial charge >= 0.3 is 0 Å². The summed E-state index contributed by atoms with van der Waals surface area (Å²) in [5.74, 6) is -0.513. The fourth-order valence-electron chi connectivity index (χ4n) is 2.37. The van der Waals surface area contributed by atoms with E-state index in [1.165, 1.54) is 11.8 Å². The van der Waals surface area contributed by atoms with E-state index in [9.17, 15) is 9.59 Å². The van der Waals surface area contributed by atoms with Crippen LogP contribution in [-0.2, 0) is 16.1 Å². The number of hydrogen-bond donors (Lipinski definition) is 2. The van der Waals surface area contributed by atoms with Crippen molar-refractivity contribution in [1.29, 1.82) is 0 Å². The quantitative estimate of drug-likeness (QED) is 0.782. The van der Waals surface area contributed by atoms with E-state index in [-0.39, 0.29) is 18.2 Å². The van der Waals surface area contributed by atoms with E-state index in [1.807, 2.05) is 30.3 Å². The van der Waals surface area contributed by atoms with Crippen molar-refractivity contribution in [1.82, 2.24) is 5.32 Å². The number of halogens is 2. The molecule has 1 aliphatic rings. The third kappa shape index (κ3) is 5.24. The van der Waals surface area contributed by atoms with Gasteiger partial charge in [0.05, 0.1) is 6.54 Å². The van der Waals surface area contributed by atoms with Gasteiger partial charge in [-0.05, 0) is 23.8 Å². The van der Waals surface area contributed by atoms with E-state index < -0.39 is 5.25 Å². The highest BCUT2D eigenvalue weighted by Crippen LogP contribution is 2.25. The Kier molecular flexibility index (Phi) is 6.19. The van der Waals surface area contributed by atoms with E-state index in [1.54, 1.807) is 18.2 Å². The number of benzene rings is 2. The molecule has 0 spiro atoms. The van der Waals surface area contributed by atoms with Gasteiger partial charge in [-0.3, -0.25) is 14.6 Å². The Bertz CT molecular complexity index is 839. The molecule has 2 N–H and O–H groups in total. The van der Waals surface area contributed by atoms with Crippen molar-refractivity contribution < 1.29 is 9.59 Å². The van der Waals surface area contributed by atoms with Gasteiger partial charge in [0.1, 0.15) is 5.25 Å². The van der Waals surface area contributed by atoms with Gasteiger partial charge in [0.25, 0.3) is 0 Å². The molecule has 26 heavy (non-hydrogen) atoms. The van der Waals surface area contributed by atoms with Crippen molar-refractivity contribution in [3.63, 3.8) is 0 Å². The fraction of sp³-hybridized carbons (Fsp3) is 0.167. The van der Waals surface area contributed by atoms with Crippen molar-refractivity contribution in [2.24, 2.45) is 4.99 Å². The van der Waals surface area contributed by atoms with Crippen molar-refractivity contribution >= 4 is 57.6 Å². The Morgan fingerprint density at radius 2 is 1.85 bits per heavy atom. The molecule has 0 aromatic heterocycles. The Morgan fingerprint density at radius 1 is 1.15 bits per heavy atom. The lowest BCUT2D eigenvalue weighted by Gasteiger charge is -2.08. The van der Waals surface area contributed by atoms with E-state index in [2.05, 4.69) is 15.6 Å². The van der Waals surface area contributed by atoms with E-state index in [4.69, 9.17) is 23.2 Å². The molecular weight excluding hydrogens is 393 g/mol. The number of hydrogen-bond acceptors (Lipinski definition) is 4. The van der Waals surface area contributed by atoms with Gasteiger partial charge in [-0.2, -0.15) is 0 Å². The van der Waals surface area contributed by atoms with Gasteiger partial charge in [-0.25, -0.2) is 0 Å². The molecule has 1 fully saturated rings. The number of aliphatic imine (C=N–C) groups is 1. The zero-order valence-corrected chi connectivity index (χ0v) is 15.9. The highest BCUT2D eigenvalue weighted by atomic mass is 35.5. The second-order valence-corrected chi connectivity index (χ2v) is 7.68. The van der Waals surface area contributed by atoms with Crippen LogP contribution in [-0.4, -0.2) is 22.2 Å². The standard InChI is InChI=1S/C18H15Cl2N3O2S/c19-12-6-13(20)8-14(7-12)22-16(24)9-15-17(25)23-18(26-15)21-10-11-4-2-1-3-5-11/h1-8,15H,9-10H2,(H,22,24)(H,21,23,25)/t15-/m1/s1. The van der Waals surface area contributed by atoms with Gasteiger partial charge in [0.2, 0.25) is 11.8 Å².